The maximum absolute atomic E-state index is 12.6. The molecule has 2 amide bonds. The van der Waals surface area contributed by atoms with E-state index < -0.39 is 17.9 Å². The zero-order valence-corrected chi connectivity index (χ0v) is 14.5. The molecule has 2 rings (SSSR count). The molecule has 136 valence electrons. The lowest BCUT2D eigenvalue weighted by molar-refractivity contribution is -0.144. The number of carboxylic acid groups (broad SMARTS) is 1. The quantitative estimate of drug-likeness (QED) is 0.801. The molecule has 0 radical (unpaired) electrons. The van der Waals surface area contributed by atoms with Gasteiger partial charge in [0.05, 0.1) is 12.5 Å². The summed E-state index contributed by atoms with van der Waals surface area (Å²) in [4.78, 5) is 37.8. The third-order valence-corrected chi connectivity index (χ3v) is 4.33. The average Bonchev–Trinajstić information content (AvgIpc) is 2.61. The highest BCUT2D eigenvalue weighted by atomic mass is 16.5. The van der Waals surface area contributed by atoms with Crippen molar-refractivity contribution >= 4 is 17.8 Å². The fourth-order valence-electron chi connectivity index (χ4n) is 2.89. The first-order valence-electron chi connectivity index (χ1n) is 8.30. The summed E-state index contributed by atoms with van der Waals surface area (Å²) in [6.45, 7) is 2.74. The molecule has 1 aliphatic rings. The van der Waals surface area contributed by atoms with E-state index in [2.05, 4.69) is 5.32 Å². The highest BCUT2D eigenvalue weighted by Gasteiger charge is 2.31. The number of hydrogen-bond acceptors (Lipinski definition) is 4. The molecular weight excluding hydrogens is 324 g/mol. The van der Waals surface area contributed by atoms with Crippen molar-refractivity contribution in [2.75, 3.05) is 26.8 Å². The number of likely N-dealkylation sites (tertiary alicyclic amines) is 1. The molecule has 2 N–H and O–H groups in total. The molecule has 1 aromatic rings. The lowest BCUT2D eigenvalue weighted by Gasteiger charge is -2.32. The number of amides is 2. The Morgan fingerprint density at radius 3 is 2.60 bits per heavy atom. The number of benzene rings is 1. The largest absolute Gasteiger partial charge is 0.480 e. The lowest BCUT2D eigenvalue weighted by Crippen LogP contribution is -2.50. The second kappa shape index (κ2) is 8.62. The smallest absolute Gasteiger partial charge is 0.328 e. The number of aryl methyl sites for hydroxylation is 1. The van der Waals surface area contributed by atoms with E-state index in [1.54, 1.807) is 17.0 Å². The van der Waals surface area contributed by atoms with Gasteiger partial charge in [-0.3, -0.25) is 9.59 Å². The Morgan fingerprint density at radius 2 is 2.00 bits per heavy atom. The van der Waals surface area contributed by atoms with Crippen molar-refractivity contribution in [3.63, 3.8) is 0 Å². The highest BCUT2D eigenvalue weighted by Crippen LogP contribution is 2.19. The summed E-state index contributed by atoms with van der Waals surface area (Å²) in [5, 5.41) is 11.6. The standard InChI is InChI=1S/C18H24N2O5/c1-12-5-7-13(8-6-12)17(22)20-9-3-4-14(10-20)16(21)19-15(11-25-2)18(23)24/h5-8,14-15H,3-4,9-11H2,1-2H3,(H,19,21)(H,23,24). The number of carbonyl (C=O) groups excluding carboxylic acids is 2. The maximum Gasteiger partial charge on any atom is 0.328 e. The predicted octanol–water partition coefficient (Wildman–Crippen LogP) is 1.06. The molecule has 2 unspecified atom stereocenters. The van der Waals surface area contributed by atoms with Crippen LogP contribution in [0.2, 0.25) is 0 Å². The van der Waals surface area contributed by atoms with Crippen LogP contribution in [0.1, 0.15) is 28.8 Å². The van der Waals surface area contributed by atoms with Gasteiger partial charge in [-0.2, -0.15) is 0 Å². The third-order valence-electron chi connectivity index (χ3n) is 4.33. The zero-order chi connectivity index (χ0) is 18.4. The Morgan fingerprint density at radius 1 is 1.32 bits per heavy atom. The molecule has 0 bridgehead atoms. The normalized spacial score (nSPS) is 18.5. The molecule has 7 nitrogen and oxygen atoms in total. The molecule has 0 saturated carbocycles. The second-order valence-electron chi connectivity index (χ2n) is 6.31. The number of rotatable bonds is 6. The Balaban J connectivity index is 1.99. The minimum Gasteiger partial charge on any atom is -0.480 e. The van der Waals surface area contributed by atoms with Gasteiger partial charge >= 0.3 is 5.97 Å². The van der Waals surface area contributed by atoms with Crippen molar-refractivity contribution in [1.29, 1.82) is 0 Å². The van der Waals surface area contributed by atoms with E-state index in [1.165, 1.54) is 7.11 Å². The zero-order valence-electron chi connectivity index (χ0n) is 14.5. The van der Waals surface area contributed by atoms with Gasteiger partial charge in [0.15, 0.2) is 6.04 Å². The topological polar surface area (TPSA) is 95.9 Å². The average molecular weight is 348 g/mol. The van der Waals surface area contributed by atoms with Gasteiger partial charge < -0.3 is 20.1 Å². The molecule has 1 fully saturated rings. The molecule has 0 aliphatic carbocycles. The Kier molecular flexibility index (Phi) is 6.52. The van der Waals surface area contributed by atoms with E-state index in [9.17, 15) is 14.4 Å². The fourth-order valence-corrected chi connectivity index (χ4v) is 2.89. The predicted molar refractivity (Wildman–Crippen MR) is 91.2 cm³/mol. The molecule has 2 atom stereocenters. The van der Waals surface area contributed by atoms with E-state index in [-0.39, 0.29) is 25.0 Å². The van der Waals surface area contributed by atoms with E-state index in [0.29, 0.717) is 24.9 Å². The summed E-state index contributed by atoms with van der Waals surface area (Å²) in [5.74, 6) is -2.02. The number of nitrogens with one attached hydrogen (secondary N) is 1. The Labute approximate surface area is 147 Å². The minimum atomic E-state index is -1.14. The first-order chi connectivity index (χ1) is 11.9. The summed E-state index contributed by atoms with van der Waals surface area (Å²) in [7, 11) is 1.38. The van der Waals surface area contributed by atoms with Gasteiger partial charge in [0.2, 0.25) is 5.91 Å². The SMILES string of the molecule is COCC(NC(=O)C1CCCN(C(=O)c2ccc(C)cc2)C1)C(=O)O. The van der Waals surface area contributed by atoms with Crippen molar-refractivity contribution in [3.8, 4) is 0 Å². The van der Waals surface area contributed by atoms with Gasteiger partial charge in [-0.1, -0.05) is 17.7 Å². The maximum atomic E-state index is 12.6. The number of methoxy groups -OCH3 is 1. The van der Waals surface area contributed by atoms with Crippen molar-refractivity contribution < 1.29 is 24.2 Å². The van der Waals surface area contributed by atoms with Crippen LogP contribution in [0, 0.1) is 12.8 Å². The van der Waals surface area contributed by atoms with Gasteiger partial charge in [0.1, 0.15) is 0 Å². The number of hydrogen-bond donors (Lipinski definition) is 2. The molecule has 1 saturated heterocycles. The van der Waals surface area contributed by atoms with Crippen molar-refractivity contribution in [2.45, 2.75) is 25.8 Å². The van der Waals surface area contributed by atoms with Crippen molar-refractivity contribution in [1.82, 2.24) is 10.2 Å². The van der Waals surface area contributed by atoms with Crippen LogP contribution < -0.4 is 5.32 Å². The first-order valence-corrected chi connectivity index (χ1v) is 8.30. The molecule has 1 heterocycles. The molecular formula is C18H24N2O5. The van der Waals surface area contributed by atoms with Crippen LogP contribution >= 0.6 is 0 Å². The number of aliphatic carboxylic acids is 1. The first kappa shape index (κ1) is 18.9. The van der Waals surface area contributed by atoms with E-state index in [4.69, 9.17) is 9.84 Å². The van der Waals surface area contributed by atoms with Crippen LogP contribution in [0.5, 0.6) is 0 Å². The Bertz CT molecular complexity index is 629. The van der Waals surface area contributed by atoms with E-state index >= 15 is 0 Å². The van der Waals surface area contributed by atoms with Crippen LogP contribution in [0.3, 0.4) is 0 Å². The van der Waals surface area contributed by atoms with Gasteiger partial charge in [0.25, 0.3) is 5.91 Å². The number of carboxylic acids is 1. The van der Waals surface area contributed by atoms with E-state index in [0.717, 1.165) is 5.56 Å². The van der Waals surface area contributed by atoms with Gasteiger partial charge in [-0.05, 0) is 31.9 Å². The van der Waals surface area contributed by atoms with Crippen LogP contribution in [0.15, 0.2) is 24.3 Å². The van der Waals surface area contributed by atoms with Gasteiger partial charge in [0, 0.05) is 25.8 Å². The monoisotopic (exact) mass is 348 g/mol. The summed E-state index contributed by atoms with van der Waals surface area (Å²) >= 11 is 0. The fraction of sp³-hybridized carbons (Fsp3) is 0.500. The van der Waals surface area contributed by atoms with Crippen LogP contribution in [-0.2, 0) is 14.3 Å². The van der Waals surface area contributed by atoms with Gasteiger partial charge in [-0.15, -0.1) is 0 Å². The van der Waals surface area contributed by atoms with Crippen molar-refractivity contribution in [3.05, 3.63) is 35.4 Å². The molecule has 25 heavy (non-hydrogen) atoms. The highest BCUT2D eigenvalue weighted by molar-refractivity contribution is 5.95. The minimum absolute atomic E-state index is 0.0974. The number of piperidine rings is 1. The lowest BCUT2D eigenvalue weighted by atomic mass is 9.96. The number of carbonyl (C=O) groups is 3. The molecule has 7 heteroatoms. The summed E-state index contributed by atoms with van der Waals surface area (Å²) in [5.41, 5.74) is 1.67. The molecule has 1 aliphatic heterocycles. The number of nitrogens with zero attached hydrogens (tertiary/aromatic N) is 1. The molecule has 0 spiro atoms. The van der Waals surface area contributed by atoms with Crippen molar-refractivity contribution in [2.24, 2.45) is 5.92 Å². The third kappa shape index (κ3) is 5.03. The summed E-state index contributed by atoms with van der Waals surface area (Å²) < 4.78 is 4.82. The second-order valence-corrected chi connectivity index (χ2v) is 6.31. The molecule has 1 aromatic carbocycles. The summed E-state index contributed by atoms with van der Waals surface area (Å²) in [6.07, 6.45) is 1.33. The number of ether oxygens (including phenoxy) is 1. The van der Waals surface area contributed by atoms with Crippen LogP contribution in [0.25, 0.3) is 0 Å². The molecule has 0 aromatic heterocycles. The van der Waals surface area contributed by atoms with Crippen LogP contribution in [-0.4, -0.2) is 60.6 Å². The van der Waals surface area contributed by atoms with Gasteiger partial charge in [-0.25, -0.2) is 4.79 Å². The summed E-state index contributed by atoms with van der Waals surface area (Å²) in [6, 6.07) is 6.23. The van der Waals surface area contributed by atoms with Crippen LogP contribution in [0.4, 0.5) is 0 Å². The Hall–Kier alpha value is -2.41. The van der Waals surface area contributed by atoms with E-state index in [1.807, 2.05) is 19.1 Å².